The molecule has 0 N–H and O–H groups in total. The van der Waals surface area contributed by atoms with Gasteiger partial charge < -0.3 is 18.9 Å². The van der Waals surface area contributed by atoms with Gasteiger partial charge in [0.2, 0.25) is 0 Å². The quantitative estimate of drug-likeness (QED) is 0.511. The van der Waals surface area contributed by atoms with Gasteiger partial charge in [-0.1, -0.05) is 48.5 Å². The molecule has 1 aliphatic heterocycles. The van der Waals surface area contributed by atoms with Crippen LogP contribution in [0, 0.1) is 0 Å². The van der Waals surface area contributed by atoms with E-state index in [1.807, 2.05) is 54.6 Å². The minimum Gasteiger partial charge on any atom is -0.493 e. The number of anilines is 1. The molecule has 0 saturated heterocycles. The van der Waals surface area contributed by atoms with E-state index in [9.17, 15) is 9.59 Å². The van der Waals surface area contributed by atoms with Crippen molar-refractivity contribution in [1.29, 1.82) is 0 Å². The van der Waals surface area contributed by atoms with E-state index in [4.69, 9.17) is 18.9 Å². The Morgan fingerprint density at radius 2 is 1.67 bits per heavy atom. The molecule has 1 heterocycles. The number of hydrogen-bond acceptors (Lipinski definition) is 6. The van der Waals surface area contributed by atoms with Gasteiger partial charge in [-0.05, 0) is 35.4 Å². The highest BCUT2D eigenvalue weighted by Crippen LogP contribution is 2.39. The predicted molar refractivity (Wildman–Crippen MR) is 123 cm³/mol. The lowest BCUT2D eigenvalue weighted by molar-refractivity contribution is -0.147. The molecule has 3 aromatic rings. The Morgan fingerprint density at radius 3 is 2.42 bits per heavy atom. The van der Waals surface area contributed by atoms with Crippen LogP contribution in [0.15, 0.2) is 72.8 Å². The van der Waals surface area contributed by atoms with E-state index in [1.54, 1.807) is 30.2 Å². The lowest BCUT2D eigenvalue weighted by atomic mass is 10.0. The molecule has 0 aliphatic carbocycles. The summed E-state index contributed by atoms with van der Waals surface area (Å²) in [7, 11) is 3.08. The normalized spacial score (nSPS) is 14.6. The molecule has 1 atom stereocenters. The first-order valence-corrected chi connectivity index (χ1v) is 10.6. The molecule has 3 aromatic carbocycles. The molecule has 1 unspecified atom stereocenters. The van der Waals surface area contributed by atoms with E-state index in [1.165, 1.54) is 7.11 Å². The number of carbonyl (C=O) groups is 2. The van der Waals surface area contributed by atoms with E-state index in [0.29, 0.717) is 35.1 Å². The largest absolute Gasteiger partial charge is 0.493 e. The van der Waals surface area contributed by atoms with Crippen LogP contribution in [0.25, 0.3) is 0 Å². The summed E-state index contributed by atoms with van der Waals surface area (Å²) in [4.78, 5) is 27.4. The maximum absolute atomic E-state index is 13.2. The number of esters is 1. The molecular formula is C26H25NO6. The van der Waals surface area contributed by atoms with Crippen molar-refractivity contribution >= 4 is 17.6 Å². The van der Waals surface area contributed by atoms with Crippen LogP contribution in [0.1, 0.15) is 17.2 Å². The van der Waals surface area contributed by atoms with E-state index in [2.05, 4.69) is 0 Å². The van der Waals surface area contributed by atoms with Gasteiger partial charge in [0.15, 0.2) is 18.1 Å². The first-order valence-electron chi connectivity index (χ1n) is 10.6. The predicted octanol–water partition coefficient (Wildman–Crippen LogP) is 3.96. The summed E-state index contributed by atoms with van der Waals surface area (Å²) in [5.41, 5.74) is 2.29. The van der Waals surface area contributed by atoms with Gasteiger partial charge in [0.05, 0.1) is 32.4 Å². The van der Waals surface area contributed by atoms with Crippen molar-refractivity contribution in [3.8, 4) is 17.2 Å². The summed E-state index contributed by atoms with van der Waals surface area (Å²) in [5.74, 6) is 0.889. The van der Waals surface area contributed by atoms with E-state index >= 15 is 0 Å². The maximum Gasteiger partial charge on any atom is 0.310 e. The summed E-state index contributed by atoms with van der Waals surface area (Å²) >= 11 is 0. The number of benzene rings is 3. The molecular weight excluding hydrogens is 422 g/mol. The summed E-state index contributed by atoms with van der Waals surface area (Å²) < 4.78 is 21.7. The van der Waals surface area contributed by atoms with Crippen LogP contribution in [-0.4, -0.2) is 39.3 Å². The van der Waals surface area contributed by atoms with Crippen molar-refractivity contribution < 1.29 is 28.5 Å². The topological polar surface area (TPSA) is 74.3 Å². The number of rotatable bonds is 7. The molecule has 7 nitrogen and oxygen atoms in total. The van der Waals surface area contributed by atoms with Crippen molar-refractivity contribution in [2.24, 2.45) is 0 Å². The van der Waals surface area contributed by atoms with Crippen molar-refractivity contribution in [3.05, 3.63) is 83.9 Å². The van der Waals surface area contributed by atoms with E-state index in [-0.39, 0.29) is 25.0 Å². The molecule has 7 heteroatoms. The van der Waals surface area contributed by atoms with Crippen molar-refractivity contribution in [2.75, 3.05) is 32.3 Å². The van der Waals surface area contributed by atoms with Gasteiger partial charge in [-0.15, -0.1) is 0 Å². The van der Waals surface area contributed by atoms with Crippen LogP contribution >= 0.6 is 0 Å². The van der Waals surface area contributed by atoms with Gasteiger partial charge in [-0.2, -0.15) is 0 Å². The van der Waals surface area contributed by atoms with Crippen LogP contribution in [0.3, 0.4) is 0 Å². The Morgan fingerprint density at radius 1 is 0.939 bits per heavy atom. The summed E-state index contributed by atoms with van der Waals surface area (Å²) in [6.45, 7) is -0.0594. The number of para-hydroxylation sites is 2. The van der Waals surface area contributed by atoms with Crippen LogP contribution in [0.2, 0.25) is 0 Å². The van der Waals surface area contributed by atoms with E-state index in [0.717, 1.165) is 5.56 Å². The number of methoxy groups -OCH3 is 2. The van der Waals surface area contributed by atoms with Gasteiger partial charge >= 0.3 is 5.97 Å². The molecule has 0 fully saturated rings. The lowest BCUT2D eigenvalue weighted by Gasteiger charge is -2.37. The maximum atomic E-state index is 13.2. The number of hydrogen-bond donors (Lipinski definition) is 0. The second-order valence-electron chi connectivity index (χ2n) is 7.50. The molecule has 170 valence electrons. The Hall–Kier alpha value is -4.00. The fourth-order valence-electron chi connectivity index (χ4n) is 3.84. The van der Waals surface area contributed by atoms with Gasteiger partial charge in [-0.25, -0.2) is 0 Å². The Kier molecular flexibility index (Phi) is 6.78. The zero-order valence-electron chi connectivity index (χ0n) is 18.5. The van der Waals surface area contributed by atoms with Crippen molar-refractivity contribution in [3.63, 3.8) is 0 Å². The number of nitrogens with zero attached hydrogens (tertiary/aromatic N) is 1. The molecule has 33 heavy (non-hydrogen) atoms. The Labute approximate surface area is 192 Å². The van der Waals surface area contributed by atoms with Gasteiger partial charge in [0.1, 0.15) is 12.4 Å². The first-order chi connectivity index (χ1) is 16.1. The van der Waals surface area contributed by atoms with Crippen LogP contribution in [0.4, 0.5) is 5.69 Å². The highest BCUT2D eigenvalue weighted by molar-refractivity contribution is 5.97. The Bertz CT molecular complexity index is 1130. The molecule has 1 amide bonds. The van der Waals surface area contributed by atoms with Gasteiger partial charge in [-0.3, -0.25) is 14.5 Å². The van der Waals surface area contributed by atoms with Gasteiger partial charge in [0, 0.05) is 0 Å². The minimum atomic E-state index is -0.506. The zero-order valence-corrected chi connectivity index (χ0v) is 18.5. The third-order valence-electron chi connectivity index (χ3n) is 5.44. The molecule has 1 aliphatic rings. The number of amides is 1. The summed E-state index contributed by atoms with van der Waals surface area (Å²) in [5, 5.41) is 0. The fraction of sp³-hybridized carbons (Fsp3) is 0.231. The molecule has 0 aromatic heterocycles. The third kappa shape index (κ3) is 4.92. The monoisotopic (exact) mass is 447 g/mol. The number of fused-ring (bicyclic) bond motifs is 1. The zero-order chi connectivity index (χ0) is 23.2. The average molecular weight is 447 g/mol. The van der Waals surface area contributed by atoms with Crippen LogP contribution in [0.5, 0.6) is 17.2 Å². The summed E-state index contributed by atoms with van der Waals surface area (Å²) in [6, 6.07) is 21.9. The van der Waals surface area contributed by atoms with Crippen molar-refractivity contribution in [1.82, 2.24) is 0 Å². The SMILES string of the molecule is COc1ccc(CC(=O)OCC(=O)N2c3ccccc3OCC2c2ccccc2)cc1OC. The molecule has 0 bridgehead atoms. The molecule has 0 saturated carbocycles. The second kappa shape index (κ2) is 10.1. The standard InChI is InChI=1S/C26H25NO6/c1-30-23-13-12-18(14-24(23)31-2)15-26(29)33-17-25(28)27-20-10-6-7-11-22(20)32-16-21(27)19-8-4-3-5-9-19/h3-14,21H,15-17H2,1-2H3. The average Bonchev–Trinajstić information content (AvgIpc) is 2.87. The summed E-state index contributed by atoms with van der Waals surface area (Å²) in [6.07, 6.45) is 0.00937. The fourth-order valence-corrected chi connectivity index (χ4v) is 3.84. The van der Waals surface area contributed by atoms with Gasteiger partial charge in [0.25, 0.3) is 5.91 Å². The third-order valence-corrected chi connectivity index (χ3v) is 5.44. The Balaban J connectivity index is 1.47. The molecule has 4 rings (SSSR count). The highest BCUT2D eigenvalue weighted by Gasteiger charge is 2.33. The van der Waals surface area contributed by atoms with Crippen LogP contribution in [-0.2, 0) is 20.7 Å². The molecule has 0 spiro atoms. The smallest absolute Gasteiger partial charge is 0.310 e. The first kappa shape index (κ1) is 22.2. The second-order valence-corrected chi connectivity index (χ2v) is 7.50. The number of ether oxygens (including phenoxy) is 4. The van der Waals surface area contributed by atoms with E-state index < -0.39 is 5.97 Å². The van der Waals surface area contributed by atoms with Crippen LogP contribution < -0.4 is 19.1 Å². The number of carbonyl (C=O) groups excluding carboxylic acids is 2. The minimum absolute atomic E-state index is 0.00937. The molecule has 0 radical (unpaired) electrons. The van der Waals surface area contributed by atoms with Crippen molar-refractivity contribution in [2.45, 2.75) is 12.5 Å². The highest BCUT2D eigenvalue weighted by atomic mass is 16.5. The lowest BCUT2D eigenvalue weighted by Crippen LogP contribution is -2.43.